The largest absolute Gasteiger partial charge is 0.392 e. The molecular formula is C27H36N2O5. The molecule has 0 aromatic heterocycles. The molecule has 0 saturated carbocycles. The number of likely N-dealkylation sites (tertiary alicyclic amines) is 1. The molecule has 2 aromatic carbocycles. The van der Waals surface area contributed by atoms with Crippen molar-refractivity contribution in [3.8, 4) is 0 Å². The van der Waals surface area contributed by atoms with Gasteiger partial charge in [-0.1, -0.05) is 43.3 Å². The van der Waals surface area contributed by atoms with Crippen LogP contribution in [0.5, 0.6) is 0 Å². The van der Waals surface area contributed by atoms with E-state index < -0.39 is 6.29 Å². The Morgan fingerprint density at radius 1 is 1.12 bits per heavy atom. The van der Waals surface area contributed by atoms with Crippen molar-refractivity contribution < 1.29 is 24.1 Å². The van der Waals surface area contributed by atoms with E-state index in [1.165, 1.54) is 13.3 Å². The summed E-state index contributed by atoms with van der Waals surface area (Å²) in [5.41, 5.74) is 3.61. The Bertz CT molecular complexity index is 933. The van der Waals surface area contributed by atoms with E-state index >= 15 is 0 Å². The van der Waals surface area contributed by atoms with Gasteiger partial charge in [0.25, 0.3) is 0 Å². The SMILES string of the molecule is COC[C@@H]1CCCN1C[C@@H]1O[C@H](c2ccc(NC(C)=O)cc2)O[C@H](c2ccc(CO)cc2)[C@@H]1C. The van der Waals surface area contributed by atoms with Crippen molar-refractivity contribution in [1.82, 2.24) is 4.90 Å². The van der Waals surface area contributed by atoms with Crippen molar-refractivity contribution >= 4 is 11.6 Å². The fourth-order valence-corrected chi connectivity index (χ4v) is 5.00. The number of ether oxygens (including phenoxy) is 3. The van der Waals surface area contributed by atoms with Crippen molar-refractivity contribution in [3.63, 3.8) is 0 Å². The fourth-order valence-electron chi connectivity index (χ4n) is 5.00. The smallest absolute Gasteiger partial charge is 0.221 e. The first kappa shape index (κ1) is 24.8. The molecule has 2 aliphatic heterocycles. The van der Waals surface area contributed by atoms with Crippen molar-refractivity contribution in [3.05, 3.63) is 65.2 Å². The van der Waals surface area contributed by atoms with E-state index in [4.69, 9.17) is 14.2 Å². The Kier molecular flexibility index (Phi) is 8.34. The van der Waals surface area contributed by atoms with E-state index in [0.29, 0.717) is 6.04 Å². The molecule has 2 heterocycles. The molecule has 2 aromatic rings. The molecule has 0 bridgehead atoms. The first-order chi connectivity index (χ1) is 16.5. The van der Waals surface area contributed by atoms with Gasteiger partial charge in [0.05, 0.1) is 25.4 Å². The molecule has 34 heavy (non-hydrogen) atoms. The summed E-state index contributed by atoms with van der Waals surface area (Å²) in [7, 11) is 1.76. The molecule has 0 unspecified atom stereocenters. The Morgan fingerprint density at radius 2 is 1.82 bits per heavy atom. The summed E-state index contributed by atoms with van der Waals surface area (Å²) in [6.45, 7) is 6.31. The molecule has 1 amide bonds. The number of carbonyl (C=O) groups excluding carboxylic acids is 1. The maximum atomic E-state index is 11.4. The standard InChI is InChI=1S/C27H36N2O5/c1-18-25(15-29-14-4-5-24(29)17-32-3)33-27(22-10-12-23(13-11-22)28-19(2)31)34-26(18)21-8-6-20(16-30)7-9-21/h6-13,18,24-27,30H,4-5,14-17H2,1-3H3,(H,28,31)/t18-,24+,25+,26+,27+/m1/s1. The van der Waals surface area contributed by atoms with Crippen molar-refractivity contribution in [1.29, 1.82) is 0 Å². The Labute approximate surface area is 202 Å². The van der Waals surface area contributed by atoms with Gasteiger partial charge in [0, 0.05) is 43.8 Å². The van der Waals surface area contributed by atoms with Gasteiger partial charge in [-0.25, -0.2) is 0 Å². The van der Waals surface area contributed by atoms with E-state index in [0.717, 1.165) is 48.5 Å². The Hall–Kier alpha value is -2.29. The molecule has 7 heteroatoms. The van der Waals surface area contributed by atoms with E-state index in [-0.39, 0.29) is 30.6 Å². The van der Waals surface area contributed by atoms with Gasteiger partial charge in [-0.3, -0.25) is 9.69 Å². The third-order valence-corrected chi connectivity index (χ3v) is 6.90. The van der Waals surface area contributed by atoms with E-state index in [2.05, 4.69) is 17.1 Å². The molecule has 184 valence electrons. The van der Waals surface area contributed by atoms with Crippen LogP contribution in [0.15, 0.2) is 48.5 Å². The van der Waals surface area contributed by atoms with Gasteiger partial charge < -0.3 is 24.6 Å². The van der Waals surface area contributed by atoms with E-state index in [9.17, 15) is 9.90 Å². The van der Waals surface area contributed by atoms with Crippen LogP contribution in [0.25, 0.3) is 0 Å². The molecule has 2 fully saturated rings. The number of anilines is 1. The van der Waals surface area contributed by atoms with Crippen LogP contribution in [-0.2, 0) is 25.6 Å². The van der Waals surface area contributed by atoms with Gasteiger partial charge in [-0.2, -0.15) is 0 Å². The van der Waals surface area contributed by atoms with Gasteiger partial charge in [0.15, 0.2) is 6.29 Å². The topological polar surface area (TPSA) is 80.3 Å². The number of nitrogens with one attached hydrogen (secondary N) is 1. The average Bonchev–Trinajstić information content (AvgIpc) is 3.27. The molecule has 4 rings (SSSR count). The highest BCUT2D eigenvalue weighted by molar-refractivity contribution is 5.88. The maximum absolute atomic E-state index is 11.4. The van der Waals surface area contributed by atoms with Crippen LogP contribution >= 0.6 is 0 Å². The van der Waals surface area contributed by atoms with Crippen molar-refractivity contribution in [2.45, 2.75) is 57.8 Å². The third-order valence-electron chi connectivity index (χ3n) is 6.90. The second kappa shape index (κ2) is 11.4. The molecular weight excluding hydrogens is 432 g/mol. The zero-order valence-corrected chi connectivity index (χ0v) is 20.3. The number of hydrogen-bond donors (Lipinski definition) is 2. The number of aliphatic hydroxyl groups excluding tert-OH is 1. The molecule has 0 spiro atoms. The lowest BCUT2D eigenvalue weighted by atomic mass is 9.90. The first-order valence-corrected chi connectivity index (χ1v) is 12.1. The minimum absolute atomic E-state index is 0.0197. The van der Waals surface area contributed by atoms with Gasteiger partial charge >= 0.3 is 0 Å². The number of benzene rings is 2. The summed E-state index contributed by atoms with van der Waals surface area (Å²) in [4.78, 5) is 13.9. The minimum atomic E-state index is -0.515. The van der Waals surface area contributed by atoms with Crippen LogP contribution in [0.3, 0.4) is 0 Å². The van der Waals surface area contributed by atoms with Gasteiger partial charge in [-0.05, 0) is 42.6 Å². The van der Waals surface area contributed by atoms with Crippen LogP contribution in [-0.4, -0.2) is 54.9 Å². The molecule has 2 aliphatic rings. The number of amides is 1. The highest BCUT2D eigenvalue weighted by Crippen LogP contribution is 2.42. The molecule has 5 atom stereocenters. The number of carbonyl (C=O) groups is 1. The molecule has 7 nitrogen and oxygen atoms in total. The van der Waals surface area contributed by atoms with Crippen molar-refractivity contribution in [2.75, 3.05) is 32.1 Å². The predicted molar refractivity (Wildman–Crippen MR) is 130 cm³/mol. The Balaban J connectivity index is 1.57. The summed E-state index contributed by atoms with van der Waals surface area (Å²) in [6, 6.07) is 16.0. The maximum Gasteiger partial charge on any atom is 0.221 e. The monoisotopic (exact) mass is 468 g/mol. The van der Waals surface area contributed by atoms with Crippen LogP contribution in [0.4, 0.5) is 5.69 Å². The molecule has 2 N–H and O–H groups in total. The van der Waals surface area contributed by atoms with Crippen LogP contribution in [0.2, 0.25) is 0 Å². The normalized spacial score (nSPS) is 27.6. The van der Waals surface area contributed by atoms with Crippen LogP contribution < -0.4 is 5.32 Å². The molecule has 2 saturated heterocycles. The van der Waals surface area contributed by atoms with E-state index in [1.54, 1.807) is 7.11 Å². The number of methoxy groups -OCH3 is 1. The zero-order chi connectivity index (χ0) is 24.1. The first-order valence-electron chi connectivity index (χ1n) is 12.1. The molecule has 0 aliphatic carbocycles. The number of aliphatic hydroxyl groups is 1. The Morgan fingerprint density at radius 3 is 2.47 bits per heavy atom. The highest BCUT2D eigenvalue weighted by Gasteiger charge is 2.40. The second-order valence-electron chi connectivity index (χ2n) is 9.37. The third kappa shape index (κ3) is 5.85. The quantitative estimate of drug-likeness (QED) is 0.609. The summed E-state index contributed by atoms with van der Waals surface area (Å²) < 4.78 is 18.5. The lowest BCUT2D eigenvalue weighted by molar-refractivity contribution is -0.276. The minimum Gasteiger partial charge on any atom is -0.392 e. The number of rotatable bonds is 8. The van der Waals surface area contributed by atoms with Gasteiger partial charge in [-0.15, -0.1) is 0 Å². The lowest BCUT2D eigenvalue weighted by Crippen LogP contribution is -2.46. The van der Waals surface area contributed by atoms with Gasteiger partial charge in [0.2, 0.25) is 5.91 Å². The van der Waals surface area contributed by atoms with Crippen molar-refractivity contribution in [2.24, 2.45) is 5.92 Å². The zero-order valence-electron chi connectivity index (χ0n) is 20.3. The summed E-state index contributed by atoms with van der Waals surface area (Å²) in [5.74, 6) is 0.0353. The highest BCUT2D eigenvalue weighted by atomic mass is 16.7. The fraction of sp³-hybridized carbons (Fsp3) is 0.519. The number of nitrogens with zero attached hydrogens (tertiary/aromatic N) is 1. The number of hydrogen-bond acceptors (Lipinski definition) is 6. The van der Waals surface area contributed by atoms with E-state index in [1.807, 2.05) is 48.5 Å². The average molecular weight is 469 g/mol. The van der Waals surface area contributed by atoms with Crippen LogP contribution in [0.1, 0.15) is 55.8 Å². The molecule has 0 radical (unpaired) electrons. The second-order valence-corrected chi connectivity index (χ2v) is 9.37. The summed E-state index contributed by atoms with van der Waals surface area (Å²) in [6.07, 6.45) is 1.64. The summed E-state index contributed by atoms with van der Waals surface area (Å²) >= 11 is 0. The van der Waals surface area contributed by atoms with Gasteiger partial charge in [0.1, 0.15) is 0 Å². The predicted octanol–water partition coefficient (Wildman–Crippen LogP) is 4.04. The van der Waals surface area contributed by atoms with Crippen LogP contribution in [0, 0.1) is 5.92 Å². The summed E-state index contributed by atoms with van der Waals surface area (Å²) in [5, 5.41) is 12.2. The lowest BCUT2D eigenvalue weighted by Gasteiger charge is -2.43.